The van der Waals surface area contributed by atoms with Gasteiger partial charge in [0.1, 0.15) is 5.50 Å². The molecule has 38 heavy (non-hydrogen) atoms. The van der Waals surface area contributed by atoms with E-state index in [1.807, 2.05) is 4.90 Å². The van der Waals surface area contributed by atoms with Gasteiger partial charge in [-0.25, -0.2) is 8.78 Å². The van der Waals surface area contributed by atoms with Crippen LogP contribution in [0.1, 0.15) is 63.5 Å². The predicted octanol–water partition coefficient (Wildman–Crippen LogP) is 5.18. The van der Waals surface area contributed by atoms with Crippen molar-refractivity contribution >= 4 is 24.2 Å². The van der Waals surface area contributed by atoms with Gasteiger partial charge in [-0.15, -0.1) is 12.6 Å². The van der Waals surface area contributed by atoms with E-state index >= 15 is 0 Å². The lowest BCUT2D eigenvalue weighted by Crippen LogP contribution is -2.52. The number of ether oxygens (including phenoxy) is 1. The van der Waals surface area contributed by atoms with E-state index in [9.17, 15) is 26.7 Å². The molecule has 1 aromatic rings. The molecule has 1 aromatic carbocycles. The number of carbonyl (C=O) groups excluding carboxylic acids is 1. The SMILES string of the molecule is CC1(C)C(=O)N(c2ccc(C#N)c(C(F)(F)F)c2)[C@H](S)N1C1CCC(OCC[C@H]2CCNCC2(F)F)CC1. The standard InChI is InChI=1S/C26H33F5N4O2S/c1-24(2)22(36)34(19-4-3-16(14-32)21(13-19)26(29,30)31)23(38)35(24)18-5-7-20(8-6-18)37-12-10-17-9-11-33-15-25(17,27)28/h3-4,13,17-18,20,23,33,38H,5-12,15H2,1-2H3/t17-,18?,20?,23+/m1/s1. The Labute approximate surface area is 224 Å². The van der Waals surface area contributed by atoms with Crippen LogP contribution in [-0.2, 0) is 15.7 Å². The topological polar surface area (TPSA) is 68.6 Å². The summed E-state index contributed by atoms with van der Waals surface area (Å²) in [5.41, 5.74) is -3.39. The number of anilines is 1. The molecule has 0 unspecified atom stereocenters. The second-order valence-electron chi connectivity index (χ2n) is 10.8. The Morgan fingerprint density at radius 2 is 1.87 bits per heavy atom. The number of hydrogen-bond acceptors (Lipinski definition) is 6. The van der Waals surface area contributed by atoms with E-state index in [0.717, 1.165) is 12.1 Å². The smallest absolute Gasteiger partial charge is 0.378 e. The van der Waals surface area contributed by atoms with Crippen molar-refractivity contribution in [2.75, 3.05) is 24.6 Å². The van der Waals surface area contributed by atoms with Crippen molar-refractivity contribution in [3.63, 3.8) is 0 Å². The Bertz CT molecular complexity index is 1070. The second kappa shape index (κ2) is 10.9. The van der Waals surface area contributed by atoms with E-state index in [-0.39, 0.29) is 36.9 Å². The van der Waals surface area contributed by atoms with Crippen molar-refractivity contribution in [2.24, 2.45) is 5.92 Å². The fourth-order valence-corrected chi connectivity index (χ4v) is 6.66. The number of thiol groups is 1. The van der Waals surface area contributed by atoms with Crippen molar-refractivity contribution in [1.82, 2.24) is 10.2 Å². The van der Waals surface area contributed by atoms with Crippen LogP contribution >= 0.6 is 12.6 Å². The number of nitriles is 1. The zero-order chi connectivity index (χ0) is 27.9. The number of hydrogen-bond donors (Lipinski definition) is 2. The van der Waals surface area contributed by atoms with E-state index in [2.05, 4.69) is 17.9 Å². The number of carbonyl (C=O) groups is 1. The number of rotatable bonds is 6. The Balaban J connectivity index is 1.40. The van der Waals surface area contributed by atoms with E-state index < -0.39 is 40.2 Å². The average Bonchev–Trinajstić information content (AvgIpc) is 3.03. The molecule has 210 valence electrons. The summed E-state index contributed by atoms with van der Waals surface area (Å²) in [4.78, 5) is 16.6. The van der Waals surface area contributed by atoms with Crippen molar-refractivity contribution in [3.05, 3.63) is 29.3 Å². The molecule has 1 N–H and O–H groups in total. The summed E-state index contributed by atoms with van der Waals surface area (Å²) in [5, 5.41) is 11.8. The maximum absolute atomic E-state index is 14.0. The van der Waals surface area contributed by atoms with E-state index in [1.165, 1.54) is 11.0 Å². The van der Waals surface area contributed by atoms with Crippen molar-refractivity contribution in [1.29, 1.82) is 5.26 Å². The number of alkyl halides is 5. The zero-order valence-electron chi connectivity index (χ0n) is 21.4. The first-order chi connectivity index (χ1) is 17.8. The first-order valence-electron chi connectivity index (χ1n) is 12.9. The molecule has 1 aliphatic carbocycles. The van der Waals surface area contributed by atoms with Gasteiger partial charge in [0.15, 0.2) is 0 Å². The van der Waals surface area contributed by atoms with Crippen molar-refractivity contribution in [2.45, 2.75) is 87.7 Å². The molecule has 2 heterocycles. The largest absolute Gasteiger partial charge is 0.417 e. The number of nitrogens with zero attached hydrogens (tertiary/aromatic N) is 3. The molecule has 2 saturated heterocycles. The zero-order valence-corrected chi connectivity index (χ0v) is 22.3. The lowest BCUT2D eigenvalue weighted by molar-refractivity contribution is -0.137. The van der Waals surface area contributed by atoms with Crippen LogP contribution in [0.2, 0.25) is 0 Å². The first kappa shape index (κ1) is 29.1. The van der Waals surface area contributed by atoms with Crippen molar-refractivity contribution < 1.29 is 31.5 Å². The van der Waals surface area contributed by atoms with Crippen LogP contribution in [0, 0.1) is 17.2 Å². The molecule has 0 aromatic heterocycles. The first-order valence-corrected chi connectivity index (χ1v) is 13.4. The Morgan fingerprint density at radius 3 is 2.47 bits per heavy atom. The number of halogens is 5. The van der Waals surface area contributed by atoms with Crippen LogP contribution in [-0.4, -0.2) is 59.6 Å². The molecule has 1 saturated carbocycles. The minimum atomic E-state index is -4.74. The van der Waals surface area contributed by atoms with E-state index in [4.69, 9.17) is 10.00 Å². The molecule has 0 bridgehead atoms. The summed E-state index contributed by atoms with van der Waals surface area (Å²) >= 11 is 4.66. The Kier molecular flexibility index (Phi) is 8.34. The highest BCUT2D eigenvalue weighted by molar-refractivity contribution is 7.81. The summed E-state index contributed by atoms with van der Waals surface area (Å²) in [6.07, 6.45) is -1.36. The monoisotopic (exact) mass is 560 g/mol. The average molecular weight is 561 g/mol. The second-order valence-corrected chi connectivity index (χ2v) is 11.3. The molecule has 0 radical (unpaired) electrons. The number of amides is 1. The third kappa shape index (κ3) is 5.67. The Hall–Kier alpha value is -1.94. The van der Waals surface area contributed by atoms with Crippen LogP contribution in [0.25, 0.3) is 0 Å². The summed E-state index contributed by atoms with van der Waals surface area (Å²) < 4.78 is 74.7. The highest BCUT2D eigenvalue weighted by Crippen LogP contribution is 2.43. The lowest BCUT2D eigenvalue weighted by Gasteiger charge is -2.41. The predicted molar refractivity (Wildman–Crippen MR) is 135 cm³/mol. The summed E-state index contributed by atoms with van der Waals surface area (Å²) in [6.45, 7) is 4.02. The van der Waals surface area contributed by atoms with E-state index in [0.29, 0.717) is 45.1 Å². The van der Waals surface area contributed by atoms with Crippen LogP contribution in [0.5, 0.6) is 0 Å². The van der Waals surface area contributed by atoms with Gasteiger partial charge in [-0.1, -0.05) is 0 Å². The molecule has 12 heteroatoms. The van der Waals surface area contributed by atoms with Gasteiger partial charge < -0.3 is 10.1 Å². The van der Waals surface area contributed by atoms with Crippen LogP contribution in [0.4, 0.5) is 27.6 Å². The Morgan fingerprint density at radius 1 is 1.18 bits per heavy atom. The minimum absolute atomic E-state index is 0.0311. The molecule has 6 nitrogen and oxygen atoms in total. The fraction of sp³-hybridized carbons (Fsp3) is 0.692. The van der Waals surface area contributed by atoms with Gasteiger partial charge in [0.05, 0.1) is 35.4 Å². The molecular formula is C26H33F5N4O2S. The molecule has 3 fully saturated rings. The number of benzene rings is 1. The highest BCUT2D eigenvalue weighted by Gasteiger charge is 2.54. The third-order valence-corrected chi connectivity index (χ3v) is 8.54. The minimum Gasteiger partial charge on any atom is -0.378 e. The molecule has 0 spiro atoms. The summed E-state index contributed by atoms with van der Waals surface area (Å²) in [7, 11) is 0. The van der Waals surface area contributed by atoms with Gasteiger partial charge in [-0.3, -0.25) is 14.6 Å². The third-order valence-electron chi connectivity index (χ3n) is 8.06. The number of piperidine rings is 1. The van der Waals surface area contributed by atoms with Crippen LogP contribution < -0.4 is 10.2 Å². The summed E-state index contributed by atoms with van der Waals surface area (Å²) in [5.74, 6) is -3.79. The maximum Gasteiger partial charge on any atom is 0.417 e. The van der Waals surface area contributed by atoms with Crippen LogP contribution in [0.3, 0.4) is 0 Å². The van der Waals surface area contributed by atoms with E-state index in [1.54, 1.807) is 19.9 Å². The molecule has 4 rings (SSSR count). The van der Waals surface area contributed by atoms with Gasteiger partial charge in [-0.2, -0.15) is 18.4 Å². The highest BCUT2D eigenvalue weighted by atomic mass is 32.1. The molecular weight excluding hydrogens is 527 g/mol. The van der Waals surface area contributed by atoms with Gasteiger partial charge >= 0.3 is 6.18 Å². The fourth-order valence-electron chi connectivity index (χ4n) is 5.94. The number of nitrogens with one attached hydrogen (secondary N) is 1. The van der Waals surface area contributed by atoms with Gasteiger partial charge in [-0.05, 0) is 77.1 Å². The molecule has 2 aliphatic heterocycles. The van der Waals surface area contributed by atoms with Gasteiger partial charge in [0.25, 0.3) is 5.92 Å². The summed E-state index contributed by atoms with van der Waals surface area (Å²) in [6, 6.07) is 4.74. The maximum atomic E-state index is 14.0. The van der Waals surface area contributed by atoms with Crippen LogP contribution in [0.15, 0.2) is 18.2 Å². The van der Waals surface area contributed by atoms with Gasteiger partial charge in [0.2, 0.25) is 5.91 Å². The molecule has 2 atom stereocenters. The quantitative estimate of drug-likeness (QED) is 0.371. The van der Waals surface area contributed by atoms with Gasteiger partial charge in [0, 0.05) is 24.3 Å². The molecule has 3 aliphatic rings. The normalized spacial score (nSPS) is 29.9. The lowest BCUT2D eigenvalue weighted by atomic mass is 9.89. The molecule has 1 amide bonds. The van der Waals surface area contributed by atoms with Crippen molar-refractivity contribution in [3.8, 4) is 6.07 Å².